The lowest BCUT2D eigenvalue weighted by molar-refractivity contribution is 0.494. The molecule has 0 aliphatic heterocycles. The molecule has 0 amide bonds. The normalized spacial score (nSPS) is 11.5. The molecule has 0 bridgehead atoms. The van der Waals surface area contributed by atoms with Gasteiger partial charge in [0.25, 0.3) is 0 Å². The van der Waals surface area contributed by atoms with Crippen LogP contribution in [0, 0.1) is 5.92 Å². The Labute approximate surface area is 93.3 Å². The van der Waals surface area contributed by atoms with Crippen LogP contribution in [0.1, 0.15) is 20.3 Å². The monoisotopic (exact) mass is 224 g/mol. The van der Waals surface area contributed by atoms with E-state index in [2.05, 4.69) is 28.9 Å². The van der Waals surface area contributed by atoms with Crippen molar-refractivity contribution in [1.29, 1.82) is 0 Å². The van der Waals surface area contributed by atoms with E-state index in [-0.39, 0.29) is 0 Å². The number of hydrogen-bond donors (Lipinski definition) is 0. The van der Waals surface area contributed by atoms with Crippen LogP contribution in [0.25, 0.3) is 11.0 Å². The molecule has 15 heavy (non-hydrogen) atoms. The molecule has 5 heteroatoms. The summed E-state index contributed by atoms with van der Waals surface area (Å²) in [7, 11) is 0. The Balaban J connectivity index is 2.33. The predicted octanol–water partition coefficient (Wildman–Crippen LogP) is 2.53. The summed E-state index contributed by atoms with van der Waals surface area (Å²) >= 11 is 5.93. The highest BCUT2D eigenvalue weighted by atomic mass is 35.5. The number of rotatable bonds is 3. The molecule has 80 valence electrons. The summed E-state index contributed by atoms with van der Waals surface area (Å²) in [5.41, 5.74) is 0.815. The zero-order chi connectivity index (χ0) is 10.8. The van der Waals surface area contributed by atoms with Gasteiger partial charge in [-0.15, -0.1) is 0 Å². The third kappa shape index (κ3) is 2.09. The van der Waals surface area contributed by atoms with Crippen LogP contribution >= 0.6 is 11.6 Å². The van der Waals surface area contributed by atoms with Gasteiger partial charge < -0.3 is 0 Å². The van der Waals surface area contributed by atoms with Crippen molar-refractivity contribution in [1.82, 2.24) is 19.7 Å². The maximum absolute atomic E-state index is 5.93. The summed E-state index contributed by atoms with van der Waals surface area (Å²) in [6.45, 7) is 5.25. The molecule has 0 saturated carbocycles. The molecule has 2 aromatic heterocycles. The van der Waals surface area contributed by atoms with Crippen LogP contribution in [0.15, 0.2) is 12.5 Å². The Morgan fingerprint density at radius 2 is 2.20 bits per heavy atom. The van der Waals surface area contributed by atoms with E-state index < -0.39 is 0 Å². The Bertz CT molecular complexity index is 463. The van der Waals surface area contributed by atoms with Gasteiger partial charge in [0.1, 0.15) is 11.5 Å². The smallest absolute Gasteiger partial charge is 0.162 e. The van der Waals surface area contributed by atoms with E-state index in [1.165, 1.54) is 6.33 Å². The van der Waals surface area contributed by atoms with Crippen LogP contribution in [0.3, 0.4) is 0 Å². The van der Waals surface area contributed by atoms with Crippen molar-refractivity contribution in [2.45, 2.75) is 26.8 Å². The first-order valence-electron chi connectivity index (χ1n) is 5.00. The van der Waals surface area contributed by atoms with Crippen LogP contribution < -0.4 is 0 Å². The van der Waals surface area contributed by atoms with Crippen molar-refractivity contribution in [2.75, 3.05) is 0 Å². The maximum Gasteiger partial charge on any atom is 0.162 e. The fraction of sp³-hybridized carbons (Fsp3) is 0.500. The fourth-order valence-corrected chi connectivity index (χ4v) is 1.59. The van der Waals surface area contributed by atoms with Crippen molar-refractivity contribution in [3.8, 4) is 0 Å². The number of fused-ring (bicyclic) bond motifs is 1. The molecule has 0 atom stereocenters. The number of halogens is 1. The van der Waals surface area contributed by atoms with Crippen LogP contribution in [0.2, 0.25) is 5.15 Å². The summed E-state index contributed by atoms with van der Waals surface area (Å²) in [6.07, 6.45) is 4.27. The predicted molar refractivity (Wildman–Crippen MR) is 59.8 cm³/mol. The molecule has 0 fully saturated rings. The second-order valence-electron chi connectivity index (χ2n) is 3.95. The molecule has 0 aliphatic carbocycles. The first kappa shape index (κ1) is 10.4. The van der Waals surface area contributed by atoms with E-state index in [1.807, 2.05) is 4.68 Å². The van der Waals surface area contributed by atoms with Gasteiger partial charge in [0.2, 0.25) is 0 Å². The third-order valence-corrected chi connectivity index (χ3v) is 2.60. The molecule has 0 radical (unpaired) electrons. The lowest BCUT2D eigenvalue weighted by atomic mass is 10.1. The lowest BCUT2D eigenvalue weighted by Gasteiger charge is -2.05. The quantitative estimate of drug-likeness (QED) is 0.753. The van der Waals surface area contributed by atoms with Gasteiger partial charge in [-0.3, -0.25) is 0 Å². The average molecular weight is 225 g/mol. The SMILES string of the molecule is CC(C)CCn1ncc2c(Cl)ncnc21. The minimum atomic E-state index is 0.468. The maximum atomic E-state index is 5.93. The van der Waals surface area contributed by atoms with Crippen LogP contribution in [-0.2, 0) is 6.54 Å². The van der Waals surface area contributed by atoms with E-state index in [4.69, 9.17) is 11.6 Å². The van der Waals surface area contributed by atoms with Crippen molar-refractivity contribution in [3.05, 3.63) is 17.7 Å². The standard InChI is InChI=1S/C10H13ClN4/c1-7(2)3-4-15-10-8(5-14-15)9(11)12-6-13-10/h5-7H,3-4H2,1-2H3. The van der Waals surface area contributed by atoms with Gasteiger partial charge in [-0.1, -0.05) is 25.4 Å². The summed E-state index contributed by atoms with van der Waals surface area (Å²) in [5.74, 6) is 0.654. The highest BCUT2D eigenvalue weighted by Crippen LogP contribution is 2.18. The van der Waals surface area contributed by atoms with Gasteiger partial charge in [0.15, 0.2) is 5.65 Å². The Hall–Kier alpha value is -1.16. The van der Waals surface area contributed by atoms with E-state index in [0.29, 0.717) is 11.1 Å². The van der Waals surface area contributed by atoms with Crippen LogP contribution in [0.4, 0.5) is 0 Å². The minimum absolute atomic E-state index is 0.468. The zero-order valence-corrected chi connectivity index (χ0v) is 9.57. The number of aryl methyl sites for hydroxylation is 1. The van der Waals surface area contributed by atoms with Gasteiger partial charge in [-0.05, 0) is 12.3 Å². The Kier molecular flexibility index (Phi) is 2.86. The molecule has 2 aromatic rings. The van der Waals surface area contributed by atoms with Crippen LogP contribution in [0.5, 0.6) is 0 Å². The summed E-state index contributed by atoms with van der Waals surface area (Å²) in [5, 5.41) is 5.55. The molecule has 0 aromatic carbocycles. The van der Waals surface area contributed by atoms with Crippen molar-refractivity contribution in [3.63, 3.8) is 0 Å². The van der Waals surface area contributed by atoms with E-state index in [0.717, 1.165) is 24.0 Å². The van der Waals surface area contributed by atoms with Gasteiger partial charge in [0.05, 0.1) is 11.6 Å². The van der Waals surface area contributed by atoms with E-state index in [1.54, 1.807) is 6.20 Å². The zero-order valence-electron chi connectivity index (χ0n) is 8.81. The third-order valence-electron chi connectivity index (χ3n) is 2.30. The topological polar surface area (TPSA) is 43.6 Å². The molecule has 2 heterocycles. The van der Waals surface area contributed by atoms with Gasteiger partial charge in [0, 0.05) is 6.54 Å². The first-order chi connectivity index (χ1) is 7.18. The molecule has 0 saturated heterocycles. The van der Waals surface area contributed by atoms with Gasteiger partial charge in [-0.2, -0.15) is 5.10 Å². The summed E-state index contributed by atoms with van der Waals surface area (Å²) in [6, 6.07) is 0. The first-order valence-corrected chi connectivity index (χ1v) is 5.38. The number of nitrogens with zero attached hydrogens (tertiary/aromatic N) is 4. The molecule has 0 N–H and O–H groups in total. The van der Waals surface area contributed by atoms with Crippen molar-refractivity contribution < 1.29 is 0 Å². The van der Waals surface area contributed by atoms with Gasteiger partial charge in [-0.25, -0.2) is 14.6 Å². The van der Waals surface area contributed by atoms with E-state index in [9.17, 15) is 0 Å². The second kappa shape index (κ2) is 4.14. The van der Waals surface area contributed by atoms with E-state index >= 15 is 0 Å². The second-order valence-corrected chi connectivity index (χ2v) is 4.31. The molecule has 2 rings (SSSR count). The highest BCUT2D eigenvalue weighted by molar-refractivity contribution is 6.33. The summed E-state index contributed by atoms with van der Waals surface area (Å²) in [4.78, 5) is 8.10. The molecule has 0 spiro atoms. The number of hydrogen-bond acceptors (Lipinski definition) is 3. The highest BCUT2D eigenvalue weighted by Gasteiger charge is 2.07. The fourth-order valence-electron chi connectivity index (χ4n) is 1.41. The number of aromatic nitrogens is 4. The lowest BCUT2D eigenvalue weighted by Crippen LogP contribution is -2.03. The van der Waals surface area contributed by atoms with Crippen LogP contribution in [-0.4, -0.2) is 19.7 Å². The minimum Gasteiger partial charge on any atom is -0.247 e. The molecule has 0 aliphatic rings. The molecular formula is C10H13ClN4. The van der Waals surface area contributed by atoms with Crippen molar-refractivity contribution in [2.24, 2.45) is 5.92 Å². The average Bonchev–Trinajstić information content (AvgIpc) is 2.59. The Morgan fingerprint density at radius 1 is 1.40 bits per heavy atom. The summed E-state index contributed by atoms with van der Waals surface area (Å²) < 4.78 is 1.88. The molecular weight excluding hydrogens is 212 g/mol. The van der Waals surface area contributed by atoms with Gasteiger partial charge >= 0.3 is 0 Å². The van der Waals surface area contributed by atoms with Crippen molar-refractivity contribution >= 4 is 22.6 Å². The largest absolute Gasteiger partial charge is 0.247 e. The molecule has 4 nitrogen and oxygen atoms in total. The molecule has 0 unspecified atom stereocenters. The Morgan fingerprint density at radius 3 is 2.93 bits per heavy atom.